The van der Waals surface area contributed by atoms with E-state index in [2.05, 4.69) is 29.6 Å². The Morgan fingerprint density at radius 2 is 1.86 bits per heavy atom. The minimum Gasteiger partial charge on any atom is -0.497 e. The van der Waals surface area contributed by atoms with E-state index >= 15 is 0 Å². The van der Waals surface area contributed by atoms with Gasteiger partial charge in [-0.1, -0.05) is 42.5 Å². The second-order valence-electron chi connectivity index (χ2n) is 7.44. The molecule has 0 aromatic heterocycles. The van der Waals surface area contributed by atoms with E-state index in [1.165, 1.54) is 5.39 Å². The van der Waals surface area contributed by atoms with Gasteiger partial charge in [0.25, 0.3) is 0 Å². The molecule has 0 bridgehead atoms. The van der Waals surface area contributed by atoms with E-state index in [4.69, 9.17) is 4.74 Å². The predicted octanol–water partition coefficient (Wildman–Crippen LogP) is 4.08. The molecule has 2 amide bonds. The summed E-state index contributed by atoms with van der Waals surface area (Å²) in [7, 11) is 1.59. The molecule has 1 heterocycles. The molecule has 0 unspecified atom stereocenters. The summed E-state index contributed by atoms with van der Waals surface area (Å²) in [5.41, 5.74) is 1.80. The fourth-order valence-corrected chi connectivity index (χ4v) is 3.80. The summed E-state index contributed by atoms with van der Waals surface area (Å²) in [5, 5.41) is 5.39. The Labute approximate surface area is 170 Å². The minimum absolute atomic E-state index is 0.0447. The zero-order chi connectivity index (χ0) is 20.4. The Morgan fingerprint density at radius 1 is 1.07 bits per heavy atom. The molecule has 29 heavy (non-hydrogen) atoms. The molecule has 4 rings (SSSR count). The highest BCUT2D eigenvalue weighted by Gasteiger charge is 2.35. The first kappa shape index (κ1) is 19.0. The van der Waals surface area contributed by atoms with E-state index in [0.29, 0.717) is 12.3 Å². The van der Waals surface area contributed by atoms with Gasteiger partial charge in [0.2, 0.25) is 11.8 Å². The van der Waals surface area contributed by atoms with Gasteiger partial charge in [0.15, 0.2) is 0 Å². The molecule has 0 spiro atoms. The van der Waals surface area contributed by atoms with Crippen LogP contribution in [0.1, 0.15) is 24.9 Å². The zero-order valence-electron chi connectivity index (χ0n) is 16.6. The Morgan fingerprint density at radius 3 is 2.66 bits per heavy atom. The van der Waals surface area contributed by atoms with Crippen molar-refractivity contribution in [2.24, 2.45) is 5.92 Å². The third-order valence-corrected chi connectivity index (χ3v) is 5.49. The topological polar surface area (TPSA) is 58.6 Å². The van der Waals surface area contributed by atoms with Gasteiger partial charge in [0.1, 0.15) is 5.75 Å². The fourth-order valence-electron chi connectivity index (χ4n) is 3.80. The molecular weight excluding hydrogens is 364 g/mol. The molecule has 3 aromatic carbocycles. The number of anilines is 1. The van der Waals surface area contributed by atoms with Crippen molar-refractivity contribution in [3.63, 3.8) is 0 Å². The molecule has 5 heteroatoms. The first-order chi connectivity index (χ1) is 14.0. The minimum atomic E-state index is -0.364. The summed E-state index contributed by atoms with van der Waals surface area (Å²) < 4.78 is 5.24. The van der Waals surface area contributed by atoms with Gasteiger partial charge in [-0.15, -0.1) is 0 Å². The van der Waals surface area contributed by atoms with Crippen LogP contribution in [-0.4, -0.2) is 25.5 Å². The van der Waals surface area contributed by atoms with Crippen LogP contribution >= 0.6 is 0 Å². The highest BCUT2D eigenvalue weighted by atomic mass is 16.5. The van der Waals surface area contributed by atoms with Gasteiger partial charge >= 0.3 is 0 Å². The van der Waals surface area contributed by atoms with Gasteiger partial charge in [0.05, 0.1) is 19.1 Å². The predicted molar refractivity (Wildman–Crippen MR) is 114 cm³/mol. The van der Waals surface area contributed by atoms with Crippen LogP contribution in [0.4, 0.5) is 5.69 Å². The number of hydrogen-bond donors (Lipinski definition) is 1. The smallest absolute Gasteiger partial charge is 0.227 e. The number of ether oxygens (including phenoxy) is 1. The van der Waals surface area contributed by atoms with Crippen molar-refractivity contribution in [1.29, 1.82) is 0 Å². The second kappa shape index (κ2) is 7.95. The van der Waals surface area contributed by atoms with Crippen molar-refractivity contribution in [3.8, 4) is 5.75 Å². The molecule has 1 N–H and O–H groups in total. The molecule has 0 saturated carbocycles. The monoisotopic (exact) mass is 388 g/mol. The van der Waals surface area contributed by atoms with Crippen LogP contribution in [-0.2, 0) is 9.59 Å². The standard InChI is InChI=1S/C24H24N2O3/c1-16(18-11-10-17-6-3-4-7-19(17)12-18)25-24(28)20-13-23(27)26(15-20)21-8-5-9-22(14-21)29-2/h3-12,14,16,20H,13,15H2,1-2H3,(H,25,28)/t16-,20+/m0/s1. The molecule has 3 aromatic rings. The number of hydrogen-bond acceptors (Lipinski definition) is 3. The number of amides is 2. The molecule has 0 aliphatic carbocycles. The molecular formula is C24H24N2O3. The average molecular weight is 388 g/mol. The van der Waals surface area contributed by atoms with Crippen molar-refractivity contribution in [3.05, 3.63) is 72.3 Å². The number of nitrogens with one attached hydrogen (secondary N) is 1. The normalized spacial score (nSPS) is 17.4. The van der Waals surface area contributed by atoms with Crippen molar-refractivity contribution in [2.45, 2.75) is 19.4 Å². The van der Waals surface area contributed by atoms with E-state index in [1.807, 2.05) is 49.4 Å². The summed E-state index contributed by atoms with van der Waals surface area (Å²) >= 11 is 0. The third-order valence-electron chi connectivity index (χ3n) is 5.49. The number of methoxy groups -OCH3 is 1. The number of fused-ring (bicyclic) bond motifs is 1. The lowest BCUT2D eigenvalue weighted by Gasteiger charge is -2.19. The molecule has 5 nitrogen and oxygen atoms in total. The molecule has 1 aliphatic rings. The number of nitrogens with zero attached hydrogens (tertiary/aromatic N) is 1. The number of carbonyl (C=O) groups is 2. The van der Waals surface area contributed by atoms with E-state index in [0.717, 1.165) is 16.6 Å². The quantitative estimate of drug-likeness (QED) is 0.717. The van der Waals surface area contributed by atoms with Gasteiger partial charge in [-0.05, 0) is 41.5 Å². The first-order valence-corrected chi connectivity index (χ1v) is 9.78. The molecule has 1 fully saturated rings. The van der Waals surface area contributed by atoms with Gasteiger partial charge in [-0.3, -0.25) is 9.59 Å². The van der Waals surface area contributed by atoms with Crippen molar-refractivity contribution >= 4 is 28.3 Å². The Bertz CT molecular complexity index is 1060. The number of rotatable bonds is 5. The van der Waals surface area contributed by atoms with Crippen LogP contribution in [0.2, 0.25) is 0 Å². The molecule has 148 valence electrons. The lowest BCUT2D eigenvalue weighted by atomic mass is 10.0. The molecule has 2 atom stereocenters. The fraction of sp³-hybridized carbons (Fsp3) is 0.250. The summed E-state index contributed by atoms with van der Waals surface area (Å²) in [5.74, 6) is 0.186. The summed E-state index contributed by atoms with van der Waals surface area (Å²) in [6.07, 6.45) is 0.216. The van der Waals surface area contributed by atoms with Crippen LogP contribution in [0.5, 0.6) is 5.75 Å². The van der Waals surface area contributed by atoms with Gasteiger partial charge < -0.3 is 15.0 Å². The highest BCUT2D eigenvalue weighted by molar-refractivity contribution is 6.00. The van der Waals surface area contributed by atoms with Gasteiger partial charge in [0, 0.05) is 24.7 Å². The van der Waals surface area contributed by atoms with E-state index in [9.17, 15) is 9.59 Å². The largest absolute Gasteiger partial charge is 0.497 e. The average Bonchev–Trinajstić information content (AvgIpc) is 3.15. The second-order valence-corrected chi connectivity index (χ2v) is 7.44. The lowest BCUT2D eigenvalue weighted by Crippen LogP contribution is -2.34. The highest BCUT2D eigenvalue weighted by Crippen LogP contribution is 2.28. The molecule has 0 radical (unpaired) electrons. The Balaban J connectivity index is 1.44. The van der Waals surface area contributed by atoms with E-state index in [-0.39, 0.29) is 30.2 Å². The van der Waals surface area contributed by atoms with Gasteiger partial charge in [-0.25, -0.2) is 0 Å². The molecule has 1 aliphatic heterocycles. The zero-order valence-corrected chi connectivity index (χ0v) is 16.6. The maximum absolute atomic E-state index is 12.8. The Hall–Kier alpha value is -3.34. The number of benzene rings is 3. The van der Waals surface area contributed by atoms with E-state index in [1.54, 1.807) is 12.0 Å². The summed E-state index contributed by atoms with van der Waals surface area (Å²) in [6.45, 7) is 2.35. The summed E-state index contributed by atoms with van der Waals surface area (Å²) in [6, 6.07) is 21.6. The van der Waals surface area contributed by atoms with Crippen LogP contribution in [0.25, 0.3) is 10.8 Å². The maximum atomic E-state index is 12.8. The van der Waals surface area contributed by atoms with Crippen LogP contribution < -0.4 is 15.0 Å². The SMILES string of the molecule is COc1cccc(N2C[C@H](C(=O)N[C@@H](C)c3ccc4ccccc4c3)CC2=O)c1. The number of carbonyl (C=O) groups excluding carboxylic acids is 2. The van der Waals surface area contributed by atoms with Crippen molar-refractivity contribution in [1.82, 2.24) is 5.32 Å². The van der Waals surface area contributed by atoms with Crippen LogP contribution in [0.15, 0.2) is 66.7 Å². The third kappa shape index (κ3) is 3.94. The van der Waals surface area contributed by atoms with Crippen molar-refractivity contribution in [2.75, 3.05) is 18.6 Å². The van der Waals surface area contributed by atoms with Crippen LogP contribution in [0.3, 0.4) is 0 Å². The van der Waals surface area contributed by atoms with E-state index < -0.39 is 0 Å². The lowest BCUT2D eigenvalue weighted by molar-refractivity contribution is -0.126. The van der Waals surface area contributed by atoms with Crippen LogP contribution in [0, 0.1) is 5.92 Å². The van der Waals surface area contributed by atoms with Gasteiger partial charge in [-0.2, -0.15) is 0 Å². The first-order valence-electron chi connectivity index (χ1n) is 9.78. The molecule has 1 saturated heterocycles. The summed E-state index contributed by atoms with van der Waals surface area (Å²) in [4.78, 5) is 27.0. The Kier molecular flexibility index (Phi) is 5.21. The van der Waals surface area contributed by atoms with Crippen molar-refractivity contribution < 1.29 is 14.3 Å². The maximum Gasteiger partial charge on any atom is 0.227 e.